The molecule has 2 fully saturated rings. The highest BCUT2D eigenvalue weighted by Crippen LogP contribution is 2.45. The summed E-state index contributed by atoms with van der Waals surface area (Å²) in [6.07, 6.45) is 7.12. The van der Waals surface area contributed by atoms with Gasteiger partial charge in [0.05, 0.1) is 10.7 Å². The summed E-state index contributed by atoms with van der Waals surface area (Å²) in [6.45, 7) is 1.67. The Hall–Kier alpha value is -2.16. The number of fused-ring (bicyclic) bond motifs is 1. The number of nitrogens with one attached hydrogen (secondary N) is 1. The van der Waals surface area contributed by atoms with Gasteiger partial charge in [0.1, 0.15) is 10.5 Å². The summed E-state index contributed by atoms with van der Waals surface area (Å²) in [5, 5.41) is 8.02. The lowest BCUT2D eigenvalue weighted by Gasteiger charge is -2.42. The van der Waals surface area contributed by atoms with Crippen LogP contribution in [0.1, 0.15) is 32.1 Å². The van der Waals surface area contributed by atoms with Gasteiger partial charge in [-0.3, -0.25) is 14.5 Å². The van der Waals surface area contributed by atoms with E-state index in [0.717, 1.165) is 32.4 Å². The highest BCUT2D eigenvalue weighted by molar-refractivity contribution is 6.43. The zero-order valence-corrected chi connectivity index (χ0v) is 18.2. The average molecular weight is 448 g/mol. The van der Waals surface area contributed by atoms with Crippen LogP contribution in [0.2, 0.25) is 10.2 Å². The number of halogens is 2. The average Bonchev–Trinajstić information content (AvgIpc) is 3.32. The van der Waals surface area contributed by atoms with Crippen LogP contribution in [0.15, 0.2) is 17.1 Å². The third kappa shape index (κ3) is 2.92. The van der Waals surface area contributed by atoms with Gasteiger partial charge in [-0.05, 0) is 37.2 Å². The van der Waals surface area contributed by atoms with Crippen LogP contribution in [0, 0.1) is 5.41 Å². The smallest absolute Gasteiger partial charge is 0.266 e. The lowest BCUT2D eigenvalue weighted by Crippen LogP contribution is -2.48. The standard InChI is InChI=1S/C20H23Cl2N7O/c1-28-18(30)13-15(11-4-8-24-16(22)14(11)21)26-27-17(13)25-19(28)29-9-6-20(7-10-29)5-2-3-12(20)23/h4,8,12H,2-3,5-7,9-10,23H2,1H3,(H,26,27)/t12-/m1/s1. The highest BCUT2D eigenvalue weighted by atomic mass is 35.5. The van der Waals surface area contributed by atoms with E-state index >= 15 is 0 Å². The number of nitrogens with zero attached hydrogens (tertiary/aromatic N) is 5. The minimum Gasteiger partial charge on any atom is -0.342 e. The minimum atomic E-state index is -0.180. The number of aromatic amines is 1. The maximum absolute atomic E-state index is 13.3. The topological polar surface area (TPSA) is 106 Å². The Morgan fingerprint density at radius 1 is 1.27 bits per heavy atom. The monoisotopic (exact) mass is 447 g/mol. The molecule has 3 N–H and O–H groups in total. The van der Waals surface area contributed by atoms with Gasteiger partial charge in [0.2, 0.25) is 5.95 Å². The van der Waals surface area contributed by atoms with Crippen molar-refractivity contribution in [2.45, 2.75) is 38.1 Å². The first kappa shape index (κ1) is 19.8. The Labute approximate surface area is 183 Å². The van der Waals surface area contributed by atoms with Crippen LogP contribution in [0.3, 0.4) is 0 Å². The van der Waals surface area contributed by atoms with Crippen LogP contribution in [-0.2, 0) is 7.05 Å². The van der Waals surface area contributed by atoms with E-state index in [1.54, 1.807) is 23.9 Å². The Morgan fingerprint density at radius 3 is 2.73 bits per heavy atom. The fourth-order valence-corrected chi connectivity index (χ4v) is 5.44. The van der Waals surface area contributed by atoms with Gasteiger partial charge in [-0.15, -0.1) is 0 Å². The van der Waals surface area contributed by atoms with Crippen molar-refractivity contribution in [1.29, 1.82) is 0 Å². The molecule has 0 bridgehead atoms. The zero-order valence-electron chi connectivity index (χ0n) is 16.7. The Bertz CT molecular complexity index is 1180. The number of hydrogen-bond donors (Lipinski definition) is 2. The molecule has 0 aromatic carbocycles. The maximum Gasteiger partial charge on any atom is 0.266 e. The second-order valence-corrected chi connectivity index (χ2v) is 9.12. The molecule has 10 heteroatoms. The van der Waals surface area contributed by atoms with Gasteiger partial charge in [0.15, 0.2) is 5.65 Å². The van der Waals surface area contributed by atoms with Crippen molar-refractivity contribution in [3.63, 3.8) is 0 Å². The number of aromatic nitrogens is 5. The van der Waals surface area contributed by atoms with Crippen LogP contribution in [0.4, 0.5) is 5.95 Å². The molecule has 1 aliphatic heterocycles. The number of hydrogen-bond acceptors (Lipinski definition) is 6. The van der Waals surface area contributed by atoms with Crippen molar-refractivity contribution < 1.29 is 0 Å². The summed E-state index contributed by atoms with van der Waals surface area (Å²) in [6, 6.07) is 1.98. The molecule has 3 aromatic rings. The van der Waals surface area contributed by atoms with E-state index in [0.29, 0.717) is 28.2 Å². The van der Waals surface area contributed by atoms with Crippen LogP contribution in [0.5, 0.6) is 0 Å². The number of piperidine rings is 1. The first-order chi connectivity index (χ1) is 14.4. The normalized spacial score (nSPS) is 21.1. The van der Waals surface area contributed by atoms with E-state index < -0.39 is 0 Å². The Morgan fingerprint density at radius 2 is 2.03 bits per heavy atom. The van der Waals surface area contributed by atoms with Crippen LogP contribution < -0.4 is 16.2 Å². The largest absolute Gasteiger partial charge is 0.342 e. The number of H-pyrrole nitrogens is 1. The molecule has 1 aliphatic carbocycles. The number of pyridine rings is 1. The van der Waals surface area contributed by atoms with Crippen LogP contribution >= 0.6 is 23.2 Å². The van der Waals surface area contributed by atoms with Gasteiger partial charge in [0.25, 0.3) is 5.56 Å². The molecule has 3 aromatic heterocycles. The number of rotatable bonds is 2. The summed E-state index contributed by atoms with van der Waals surface area (Å²) >= 11 is 12.4. The Kier molecular flexibility index (Phi) is 4.76. The maximum atomic E-state index is 13.3. The highest BCUT2D eigenvalue weighted by Gasteiger charge is 2.43. The van der Waals surface area contributed by atoms with Gasteiger partial charge in [0, 0.05) is 37.9 Å². The quantitative estimate of drug-likeness (QED) is 0.584. The lowest BCUT2D eigenvalue weighted by molar-refractivity contribution is 0.196. The first-order valence-corrected chi connectivity index (χ1v) is 10.9. The molecule has 0 radical (unpaired) electrons. The Balaban J connectivity index is 1.53. The molecule has 1 spiro atoms. The SMILES string of the molecule is Cn1c(N2CCC3(CCC[C@H]3N)CC2)nc2n[nH]c(-c3ccnc(Cl)c3Cl)c2c1=O. The molecule has 1 saturated carbocycles. The predicted molar refractivity (Wildman–Crippen MR) is 118 cm³/mol. The van der Waals surface area contributed by atoms with Gasteiger partial charge in [-0.1, -0.05) is 29.6 Å². The molecular weight excluding hydrogens is 425 g/mol. The fraction of sp³-hybridized carbons (Fsp3) is 0.500. The summed E-state index contributed by atoms with van der Waals surface area (Å²) in [5.74, 6) is 0.630. The van der Waals surface area contributed by atoms with E-state index in [4.69, 9.17) is 33.9 Å². The third-order valence-electron chi connectivity index (χ3n) is 6.91. The molecule has 0 unspecified atom stereocenters. The summed E-state index contributed by atoms with van der Waals surface area (Å²) in [7, 11) is 1.74. The molecule has 8 nitrogen and oxygen atoms in total. The predicted octanol–water partition coefficient (Wildman–Crippen LogP) is 3.12. The van der Waals surface area contributed by atoms with Crippen molar-refractivity contribution in [2.24, 2.45) is 18.2 Å². The first-order valence-electron chi connectivity index (χ1n) is 10.2. The molecule has 4 heterocycles. The fourth-order valence-electron chi connectivity index (χ4n) is 5.07. The molecule has 1 saturated heterocycles. The van der Waals surface area contributed by atoms with E-state index in [1.807, 2.05) is 0 Å². The van der Waals surface area contributed by atoms with Crippen molar-refractivity contribution in [3.8, 4) is 11.3 Å². The second-order valence-electron chi connectivity index (χ2n) is 8.38. The van der Waals surface area contributed by atoms with E-state index in [-0.39, 0.29) is 27.2 Å². The summed E-state index contributed by atoms with van der Waals surface area (Å²) in [4.78, 5) is 24.1. The molecule has 0 amide bonds. The molecular formula is C20H23Cl2N7O. The number of anilines is 1. The van der Waals surface area contributed by atoms with Crippen LogP contribution in [0.25, 0.3) is 22.3 Å². The zero-order chi connectivity index (χ0) is 21.0. The van der Waals surface area contributed by atoms with E-state index in [9.17, 15) is 4.79 Å². The third-order valence-corrected chi connectivity index (χ3v) is 7.67. The molecule has 30 heavy (non-hydrogen) atoms. The lowest BCUT2D eigenvalue weighted by atomic mass is 9.74. The van der Waals surface area contributed by atoms with Crippen molar-refractivity contribution in [1.82, 2.24) is 24.7 Å². The molecule has 5 rings (SSSR count). The van der Waals surface area contributed by atoms with Crippen molar-refractivity contribution in [3.05, 3.63) is 32.8 Å². The molecule has 2 aliphatic rings. The van der Waals surface area contributed by atoms with Gasteiger partial charge >= 0.3 is 0 Å². The van der Waals surface area contributed by atoms with Gasteiger partial charge < -0.3 is 10.6 Å². The van der Waals surface area contributed by atoms with Crippen molar-refractivity contribution in [2.75, 3.05) is 18.0 Å². The van der Waals surface area contributed by atoms with Gasteiger partial charge in [-0.25, -0.2) is 4.98 Å². The second kappa shape index (κ2) is 7.21. The van der Waals surface area contributed by atoms with Crippen LogP contribution in [-0.4, -0.2) is 43.9 Å². The summed E-state index contributed by atoms with van der Waals surface area (Å²) in [5.41, 5.74) is 7.91. The van der Waals surface area contributed by atoms with Crippen molar-refractivity contribution >= 4 is 40.2 Å². The van der Waals surface area contributed by atoms with E-state index in [1.165, 1.54) is 12.8 Å². The summed E-state index contributed by atoms with van der Waals surface area (Å²) < 4.78 is 1.59. The van der Waals surface area contributed by atoms with Gasteiger partial charge in [-0.2, -0.15) is 10.1 Å². The molecule has 158 valence electrons. The van der Waals surface area contributed by atoms with E-state index in [2.05, 4.69) is 20.1 Å². The molecule has 1 atom stereocenters. The number of nitrogens with two attached hydrogens (primary N) is 1. The minimum absolute atomic E-state index is 0.172.